The number of rotatable bonds is 6. The molecular formula is C15H29NO2. The molecule has 3 heteroatoms. The molecule has 1 N–H and O–H groups in total. The number of aliphatic hydroxyl groups excluding tert-OH is 1. The lowest BCUT2D eigenvalue weighted by Crippen LogP contribution is -2.58. The van der Waals surface area contributed by atoms with Gasteiger partial charge in [0, 0.05) is 11.1 Å². The molecule has 0 amide bonds. The minimum Gasteiger partial charge on any atom is -0.391 e. The normalized spacial score (nSPS) is 24.7. The Kier molecular flexibility index (Phi) is 5.38. The number of nitrogens with zero attached hydrogens (tertiary/aromatic N) is 1. The van der Waals surface area contributed by atoms with Crippen LogP contribution in [0.5, 0.6) is 0 Å². The van der Waals surface area contributed by atoms with E-state index >= 15 is 0 Å². The van der Waals surface area contributed by atoms with Crippen molar-refractivity contribution < 1.29 is 9.94 Å². The monoisotopic (exact) mass is 255 g/mol. The summed E-state index contributed by atoms with van der Waals surface area (Å²) in [7, 11) is 0. The number of hydrogen-bond donors (Lipinski definition) is 1. The van der Waals surface area contributed by atoms with Crippen molar-refractivity contribution in [1.29, 1.82) is 0 Å². The Bertz CT molecular complexity index is 258. The van der Waals surface area contributed by atoms with Gasteiger partial charge in [0.15, 0.2) is 0 Å². The minimum absolute atomic E-state index is 0.0416. The molecule has 1 rings (SSSR count). The van der Waals surface area contributed by atoms with Gasteiger partial charge in [-0.25, -0.2) is 0 Å². The minimum atomic E-state index is -0.406. The highest BCUT2D eigenvalue weighted by Gasteiger charge is 2.42. The number of piperidine rings is 1. The standard InChI is InChI=1S/C15H29NO2/c1-6-7-9-13(17)12-18-16-14(2,3)10-8-11-15(16,4)5/h6,13,17H,1,7-12H2,2-5H3. The quantitative estimate of drug-likeness (QED) is 0.739. The Labute approximate surface area is 112 Å². The van der Waals surface area contributed by atoms with Crippen LogP contribution in [0.3, 0.4) is 0 Å². The number of aliphatic hydroxyl groups is 1. The predicted molar refractivity (Wildman–Crippen MR) is 75.2 cm³/mol. The molecule has 0 aliphatic carbocycles. The average Bonchev–Trinajstić information content (AvgIpc) is 2.23. The summed E-state index contributed by atoms with van der Waals surface area (Å²) in [6.45, 7) is 12.9. The van der Waals surface area contributed by atoms with E-state index < -0.39 is 6.10 Å². The third-order valence-electron chi connectivity index (χ3n) is 3.78. The molecule has 0 aromatic heterocycles. The third kappa shape index (κ3) is 4.08. The Morgan fingerprint density at radius 3 is 2.33 bits per heavy atom. The van der Waals surface area contributed by atoms with E-state index in [1.165, 1.54) is 6.42 Å². The van der Waals surface area contributed by atoms with Crippen LogP contribution in [0.4, 0.5) is 0 Å². The maximum absolute atomic E-state index is 9.85. The van der Waals surface area contributed by atoms with Crippen LogP contribution in [0.1, 0.15) is 59.8 Å². The van der Waals surface area contributed by atoms with E-state index in [1.807, 2.05) is 6.08 Å². The maximum atomic E-state index is 9.85. The fraction of sp³-hybridized carbons (Fsp3) is 0.867. The lowest BCUT2D eigenvalue weighted by atomic mass is 9.82. The van der Waals surface area contributed by atoms with Crippen molar-refractivity contribution in [3.63, 3.8) is 0 Å². The summed E-state index contributed by atoms with van der Waals surface area (Å²) >= 11 is 0. The lowest BCUT2D eigenvalue weighted by Gasteiger charge is -2.51. The summed E-state index contributed by atoms with van der Waals surface area (Å²) in [5.74, 6) is 0. The molecule has 0 aromatic rings. The molecule has 0 bridgehead atoms. The zero-order chi connectivity index (χ0) is 13.8. The highest BCUT2D eigenvalue weighted by atomic mass is 16.7. The van der Waals surface area contributed by atoms with Crippen molar-refractivity contribution in [2.24, 2.45) is 0 Å². The van der Waals surface area contributed by atoms with Gasteiger partial charge in [0.1, 0.15) is 0 Å². The van der Waals surface area contributed by atoms with Gasteiger partial charge >= 0.3 is 0 Å². The van der Waals surface area contributed by atoms with Gasteiger partial charge in [-0.15, -0.1) is 6.58 Å². The van der Waals surface area contributed by atoms with Crippen molar-refractivity contribution in [1.82, 2.24) is 5.06 Å². The van der Waals surface area contributed by atoms with Crippen LogP contribution < -0.4 is 0 Å². The highest BCUT2D eigenvalue weighted by Crippen LogP contribution is 2.38. The van der Waals surface area contributed by atoms with E-state index in [1.54, 1.807) is 0 Å². The van der Waals surface area contributed by atoms with Gasteiger partial charge in [0.05, 0.1) is 12.7 Å². The van der Waals surface area contributed by atoms with Crippen LogP contribution in [-0.2, 0) is 4.84 Å². The highest BCUT2D eigenvalue weighted by molar-refractivity contribution is 4.92. The summed E-state index contributed by atoms with van der Waals surface area (Å²) in [4.78, 5) is 5.92. The molecule has 1 aliphatic heterocycles. The van der Waals surface area contributed by atoms with E-state index in [2.05, 4.69) is 39.3 Å². The van der Waals surface area contributed by atoms with E-state index in [0.717, 1.165) is 25.7 Å². The molecule has 1 saturated heterocycles. The summed E-state index contributed by atoms with van der Waals surface area (Å²) < 4.78 is 0. The van der Waals surface area contributed by atoms with Gasteiger partial charge in [-0.05, 0) is 59.8 Å². The van der Waals surface area contributed by atoms with Gasteiger partial charge < -0.3 is 5.11 Å². The summed E-state index contributed by atoms with van der Waals surface area (Å²) in [6.07, 6.45) is 6.49. The van der Waals surface area contributed by atoms with Crippen molar-refractivity contribution in [2.75, 3.05) is 6.61 Å². The Balaban J connectivity index is 2.53. The molecule has 0 aromatic carbocycles. The van der Waals surface area contributed by atoms with Crippen molar-refractivity contribution in [3.05, 3.63) is 12.7 Å². The van der Waals surface area contributed by atoms with Crippen LogP contribution in [0.2, 0.25) is 0 Å². The summed E-state index contributed by atoms with van der Waals surface area (Å²) in [6, 6.07) is 0. The zero-order valence-electron chi connectivity index (χ0n) is 12.4. The molecule has 3 nitrogen and oxygen atoms in total. The summed E-state index contributed by atoms with van der Waals surface area (Å²) in [5.41, 5.74) is 0.0831. The van der Waals surface area contributed by atoms with Gasteiger partial charge in [0.25, 0.3) is 0 Å². The van der Waals surface area contributed by atoms with Gasteiger partial charge in [-0.3, -0.25) is 4.84 Å². The lowest BCUT2D eigenvalue weighted by molar-refractivity contribution is -0.289. The molecule has 1 fully saturated rings. The van der Waals surface area contributed by atoms with Crippen LogP contribution in [-0.4, -0.2) is 34.0 Å². The Hall–Kier alpha value is -0.380. The smallest absolute Gasteiger partial charge is 0.0945 e. The number of hydroxylamine groups is 2. The van der Waals surface area contributed by atoms with Gasteiger partial charge in [-0.2, -0.15) is 5.06 Å². The molecule has 18 heavy (non-hydrogen) atoms. The molecule has 0 spiro atoms. The second kappa shape index (κ2) is 6.18. The SMILES string of the molecule is C=CCCC(O)CON1C(C)(C)CCCC1(C)C. The molecule has 1 heterocycles. The Morgan fingerprint density at radius 1 is 1.28 bits per heavy atom. The van der Waals surface area contributed by atoms with Crippen LogP contribution in [0.15, 0.2) is 12.7 Å². The first-order chi connectivity index (χ1) is 8.29. The third-order valence-corrected chi connectivity index (χ3v) is 3.78. The topological polar surface area (TPSA) is 32.7 Å². The van der Waals surface area contributed by atoms with Gasteiger partial charge in [-0.1, -0.05) is 6.08 Å². The largest absolute Gasteiger partial charge is 0.391 e. The first kappa shape index (κ1) is 15.7. The van der Waals surface area contributed by atoms with Crippen LogP contribution in [0, 0.1) is 0 Å². The Morgan fingerprint density at radius 2 is 1.83 bits per heavy atom. The molecule has 1 aliphatic rings. The van der Waals surface area contributed by atoms with Crippen LogP contribution >= 0.6 is 0 Å². The van der Waals surface area contributed by atoms with E-state index in [-0.39, 0.29) is 11.1 Å². The first-order valence-electron chi connectivity index (χ1n) is 7.02. The summed E-state index contributed by atoms with van der Waals surface area (Å²) in [5, 5.41) is 11.9. The average molecular weight is 255 g/mol. The zero-order valence-corrected chi connectivity index (χ0v) is 12.4. The predicted octanol–water partition coefficient (Wildman–Crippen LogP) is 3.29. The molecule has 1 unspecified atom stereocenters. The molecule has 1 atom stereocenters. The molecule has 106 valence electrons. The maximum Gasteiger partial charge on any atom is 0.0945 e. The fourth-order valence-corrected chi connectivity index (χ4v) is 2.88. The van der Waals surface area contributed by atoms with E-state index in [4.69, 9.17) is 4.84 Å². The van der Waals surface area contributed by atoms with Crippen molar-refractivity contribution >= 4 is 0 Å². The van der Waals surface area contributed by atoms with E-state index in [9.17, 15) is 5.11 Å². The van der Waals surface area contributed by atoms with Crippen molar-refractivity contribution in [2.45, 2.75) is 77.0 Å². The molecular weight excluding hydrogens is 226 g/mol. The van der Waals surface area contributed by atoms with Gasteiger partial charge in [0.2, 0.25) is 0 Å². The van der Waals surface area contributed by atoms with Crippen LogP contribution in [0.25, 0.3) is 0 Å². The second-order valence-electron chi connectivity index (χ2n) is 6.59. The number of allylic oxidation sites excluding steroid dienone is 1. The second-order valence-corrected chi connectivity index (χ2v) is 6.59. The van der Waals surface area contributed by atoms with E-state index in [0.29, 0.717) is 6.61 Å². The van der Waals surface area contributed by atoms with Crippen molar-refractivity contribution in [3.8, 4) is 0 Å². The first-order valence-corrected chi connectivity index (χ1v) is 7.02. The number of hydrogen-bond acceptors (Lipinski definition) is 3. The fourth-order valence-electron chi connectivity index (χ4n) is 2.88. The molecule has 0 saturated carbocycles. The molecule has 0 radical (unpaired) electrons.